The zero-order chi connectivity index (χ0) is 15.2. The van der Waals surface area contributed by atoms with E-state index in [-0.39, 0.29) is 5.54 Å². The zero-order valence-electron chi connectivity index (χ0n) is 12.7. The van der Waals surface area contributed by atoms with Gasteiger partial charge in [-0.3, -0.25) is 0 Å². The molecule has 3 nitrogen and oxygen atoms in total. The Morgan fingerprint density at radius 3 is 2.05 bits per heavy atom. The highest BCUT2D eigenvalue weighted by atomic mass is 32.2. The van der Waals surface area contributed by atoms with Crippen LogP contribution in [0, 0.1) is 17.8 Å². The second-order valence-corrected chi connectivity index (χ2v) is 9.12. The number of sulfonamides is 1. The Hall–Kier alpha value is -1.13. The van der Waals surface area contributed by atoms with Gasteiger partial charge in [-0.25, -0.2) is 13.1 Å². The minimum absolute atomic E-state index is 0.158. The molecule has 4 heteroatoms. The summed E-state index contributed by atoms with van der Waals surface area (Å²) < 4.78 is 28.0. The first-order valence-corrected chi connectivity index (χ1v) is 9.84. The molecule has 118 valence electrons. The number of hydrogen-bond acceptors (Lipinski definition) is 2. The predicted octanol–water partition coefficient (Wildman–Crippen LogP) is 3.55. The van der Waals surface area contributed by atoms with Gasteiger partial charge in [-0.15, -0.1) is 0 Å². The van der Waals surface area contributed by atoms with Gasteiger partial charge in [-0.1, -0.05) is 30.3 Å². The quantitative estimate of drug-likeness (QED) is 0.923. The Morgan fingerprint density at radius 1 is 0.955 bits per heavy atom. The molecule has 5 rings (SSSR count). The van der Waals surface area contributed by atoms with Crippen LogP contribution in [0.15, 0.2) is 35.7 Å². The Labute approximate surface area is 132 Å². The Bertz CT molecular complexity index is 643. The minimum atomic E-state index is -3.37. The summed E-state index contributed by atoms with van der Waals surface area (Å²) in [6.07, 6.45) is 8.76. The normalized spacial score (nSPS) is 37.0. The van der Waals surface area contributed by atoms with Crippen LogP contribution in [0.25, 0.3) is 6.08 Å². The molecule has 4 aliphatic rings. The van der Waals surface area contributed by atoms with Crippen LogP contribution in [0.2, 0.25) is 0 Å². The third-order valence-corrected chi connectivity index (χ3v) is 6.85. The maximum Gasteiger partial charge on any atom is 0.234 e. The summed E-state index contributed by atoms with van der Waals surface area (Å²) in [5.74, 6) is 2.23. The topological polar surface area (TPSA) is 46.2 Å². The number of rotatable bonds is 4. The van der Waals surface area contributed by atoms with Crippen LogP contribution >= 0.6 is 0 Å². The van der Waals surface area contributed by atoms with Crippen molar-refractivity contribution in [2.45, 2.75) is 44.1 Å². The molecular weight excluding hydrogens is 294 g/mol. The van der Waals surface area contributed by atoms with Gasteiger partial charge in [0.15, 0.2) is 0 Å². The smallest absolute Gasteiger partial charge is 0.208 e. The standard InChI is InChI=1S/C18H23NO2S/c20-22(21,7-6-14-4-2-1-3-5-14)19-18-11-15-8-16(12-18)10-17(9-15)13-18/h1-7,15-17,19H,8-13H2. The van der Waals surface area contributed by atoms with E-state index in [4.69, 9.17) is 0 Å². The molecular formula is C18H23NO2S. The largest absolute Gasteiger partial charge is 0.234 e. The Kier molecular flexibility index (Phi) is 3.42. The van der Waals surface area contributed by atoms with E-state index in [9.17, 15) is 8.42 Å². The predicted molar refractivity (Wildman–Crippen MR) is 88.4 cm³/mol. The van der Waals surface area contributed by atoms with Crippen LogP contribution < -0.4 is 4.72 Å². The third-order valence-electron chi connectivity index (χ3n) is 5.64. The zero-order valence-corrected chi connectivity index (χ0v) is 13.6. The first kappa shape index (κ1) is 14.5. The molecule has 0 aliphatic heterocycles. The summed E-state index contributed by atoms with van der Waals surface area (Å²) in [5.41, 5.74) is 0.757. The second-order valence-electron chi connectivity index (χ2n) is 7.56. The van der Waals surface area contributed by atoms with E-state index in [1.165, 1.54) is 24.7 Å². The molecule has 0 unspecified atom stereocenters. The summed E-state index contributed by atoms with van der Waals surface area (Å²) in [6, 6.07) is 9.59. The molecule has 0 spiro atoms. The van der Waals surface area contributed by atoms with E-state index < -0.39 is 10.0 Å². The SMILES string of the molecule is O=S(=O)(C=Cc1ccccc1)NC12CC3CC(CC(C3)C1)C2. The van der Waals surface area contributed by atoms with Gasteiger partial charge in [0.2, 0.25) is 10.0 Å². The van der Waals surface area contributed by atoms with Gasteiger partial charge in [0.05, 0.1) is 0 Å². The molecule has 1 aromatic rings. The fourth-order valence-electron chi connectivity index (χ4n) is 5.30. The highest BCUT2D eigenvalue weighted by Crippen LogP contribution is 2.55. The van der Waals surface area contributed by atoms with E-state index >= 15 is 0 Å². The molecule has 22 heavy (non-hydrogen) atoms. The number of nitrogens with one attached hydrogen (secondary N) is 1. The summed E-state index contributed by atoms with van der Waals surface area (Å²) in [5, 5.41) is 1.33. The molecule has 0 aromatic heterocycles. The highest BCUT2D eigenvalue weighted by molar-refractivity contribution is 7.92. The molecule has 0 saturated heterocycles. The lowest BCUT2D eigenvalue weighted by atomic mass is 9.53. The molecule has 4 aliphatic carbocycles. The average molecular weight is 317 g/mol. The van der Waals surface area contributed by atoms with Gasteiger partial charge in [0, 0.05) is 10.9 Å². The van der Waals surface area contributed by atoms with Gasteiger partial charge in [0.1, 0.15) is 0 Å². The molecule has 4 fully saturated rings. The summed E-state index contributed by atoms with van der Waals surface area (Å²) in [4.78, 5) is 0. The second kappa shape index (κ2) is 5.20. The monoisotopic (exact) mass is 317 g/mol. The lowest BCUT2D eigenvalue weighted by Gasteiger charge is -2.56. The van der Waals surface area contributed by atoms with E-state index in [1.54, 1.807) is 6.08 Å². The van der Waals surface area contributed by atoms with Crippen molar-refractivity contribution in [1.82, 2.24) is 4.72 Å². The first-order chi connectivity index (χ1) is 10.5. The van der Waals surface area contributed by atoms with Crippen molar-refractivity contribution < 1.29 is 8.42 Å². The van der Waals surface area contributed by atoms with Gasteiger partial charge in [-0.05, 0) is 67.9 Å². The molecule has 0 heterocycles. The van der Waals surface area contributed by atoms with Crippen LogP contribution in [0.1, 0.15) is 44.1 Å². The van der Waals surface area contributed by atoms with E-state index in [1.807, 2.05) is 30.3 Å². The van der Waals surface area contributed by atoms with Crippen molar-refractivity contribution >= 4 is 16.1 Å². The average Bonchev–Trinajstić information content (AvgIpc) is 2.44. The van der Waals surface area contributed by atoms with Crippen molar-refractivity contribution in [2.24, 2.45) is 17.8 Å². The Morgan fingerprint density at radius 2 is 1.50 bits per heavy atom. The molecule has 1 N–H and O–H groups in total. The van der Waals surface area contributed by atoms with Crippen molar-refractivity contribution in [3.05, 3.63) is 41.3 Å². The number of benzene rings is 1. The molecule has 4 bridgehead atoms. The van der Waals surface area contributed by atoms with Crippen LogP contribution in [-0.4, -0.2) is 14.0 Å². The van der Waals surface area contributed by atoms with Gasteiger partial charge >= 0.3 is 0 Å². The summed E-state index contributed by atoms with van der Waals surface area (Å²) >= 11 is 0. The van der Waals surface area contributed by atoms with Crippen LogP contribution in [-0.2, 0) is 10.0 Å². The summed E-state index contributed by atoms with van der Waals surface area (Å²) in [6.45, 7) is 0. The minimum Gasteiger partial charge on any atom is -0.208 e. The van der Waals surface area contributed by atoms with Gasteiger partial charge in [0.25, 0.3) is 0 Å². The van der Waals surface area contributed by atoms with Crippen LogP contribution in [0.4, 0.5) is 0 Å². The van der Waals surface area contributed by atoms with Crippen LogP contribution in [0.3, 0.4) is 0 Å². The lowest BCUT2D eigenvalue weighted by molar-refractivity contribution is -0.00793. The molecule has 0 radical (unpaired) electrons. The highest BCUT2D eigenvalue weighted by Gasteiger charge is 2.52. The summed E-state index contributed by atoms with van der Waals surface area (Å²) in [7, 11) is -3.37. The van der Waals surface area contributed by atoms with Gasteiger partial charge < -0.3 is 0 Å². The maximum absolute atomic E-state index is 12.5. The van der Waals surface area contributed by atoms with E-state index in [2.05, 4.69) is 4.72 Å². The molecule has 0 atom stereocenters. The molecule has 1 aromatic carbocycles. The maximum atomic E-state index is 12.5. The van der Waals surface area contributed by atoms with E-state index in [0.717, 1.165) is 42.6 Å². The van der Waals surface area contributed by atoms with Crippen molar-refractivity contribution in [3.63, 3.8) is 0 Å². The van der Waals surface area contributed by atoms with Crippen molar-refractivity contribution in [2.75, 3.05) is 0 Å². The fraction of sp³-hybridized carbons (Fsp3) is 0.556. The van der Waals surface area contributed by atoms with E-state index in [0.29, 0.717) is 0 Å². The lowest BCUT2D eigenvalue weighted by Crippen LogP contribution is -2.59. The first-order valence-electron chi connectivity index (χ1n) is 8.29. The van der Waals surface area contributed by atoms with Crippen LogP contribution in [0.5, 0.6) is 0 Å². The number of hydrogen-bond donors (Lipinski definition) is 1. The Balaban J connectivity index is 1.51. The van der Waals surface area contributed by atoms with Gasteiger partial charge in [-0.2, -0.15) is 0 Å². The third kappa shape index (κ3) is 2.86. The van der Waals surface area contributed by atoms with Crippen molar-refractivity contribution in [1.29, 1.82) is 0 Å². The fourth-order valence-corrected chi connectivity index (χ4v) is 6.56. The molecule has 4 saturated carbocycles. The molecule has 0 amide bonds. The van der Waals surface area contributed by atoms with Crippen molar-refractivity contribution in [3.8, 4) is 0 Å².